The second-order valence-electron chi connectivity index (χ2n) is 3.21. The predicted molar refractivity (Wildman–Crippen MR) is 63.7 cm³/mol. The predicted octanol–water partition coefficient (Wildman–Crippen LogP) is 1.88. The van der Waals surface area contributed by atoms with Crippen LogP contribution in [0.25, 0.3) is 0 Å². The van der Waals surface area contributed by atoms with Crippen molar-refractivity contribution in [3.63, 3.8) is 0 Å². The number of ether oxygens (including phenoxy) is 1. The Morgan fingerprint density at radius 1 is 1.47 bits per heavy atom. The zero-order valence-electron chi connectivity index (χ0n) is 9.21. The van der Waals surface area contributed by atoms with Crippen molar-refractivity contribution in [1.82, 2.24) is 15.0 Å². The van der Waals surface area contributed by atoms with Gasteiger partial charge in [0, 0.05) is 24.3 Å². The fourth-order valence-electron chi connectivity index (χ4n) is 1.22. The van der Waals surface area contributed by atoms with E-state index in [-0.39, 0.29) is 5.97 Å². The molecule has 2 rings (SSSR count). The summed E-state index contributed by atoms with van der Waals surface area (Å²) in [5.41, 5.74) is 1.35. The molecule has 0 bridgehead atoms. The van der Waals surface area contributed by atoms with Crippen LogP contribution in [0.2, 0.25) is 0 Å². The van der Waals surface area contributed by atoms with E-state index < -0.39 is 0 Å². The maximum absolute atomic E-state index is 11.2. The van der Waals surface area contributed by atoms with Crippen molar-refractivity contribution in [2.24, 2.45) is 0 Å². The zero-order valence-corrected chi connectivity index (χ0v) is 10.0. The molecule has 0 aromatic carbocycles. The van der Waals surface area contributed by atoms with Crippen LogP contribution in [0.4, 0.5) is 0 Å². The molecule has 2 aromatic rings. The average molecular weight is 249 g/mol. The molecule has 0 radical (unpaired) electrons. The highest BCUT2D eigenvalue weighted by atomic mass is 32.2. The van der Waals surface area contributed by atoms with E-state index in [1.165, 1.54) is 13.3 Å². The Morgan fingerprint density at radius 2 is 2.35 bits per heavy atom. The number of hydrogen-bond acceptors (Lipinski definition) is 5. The molecule has 0 spiro atoms. The monoisotopic (exact) mass is 249 g/mol. The number of esters is 1. The van der Waals surface area contributed by atoms with Crippen LogP contribution in [0.3, 0.4) is 0 Å². The summed E-state index contributed by atoms with van der Waals surface area (Å²) in [7, 11) is 1.35. The van der Waals surface area contributed by atoms with Crippen molar-refractivity contribution in [1.29, 1.82) is 0 Å². The summed E-state index contributed by atoms with van der Waals surface area (Å²) < 4.78 is 4.60. The number of imidazole rings is 1. The van der Waals surface area contributed by atoms with Gasteiger partial charge in [-0.05, 0) is 12.1 Å². The van der Waals surface area contributed by atoms with Crippen LogP contribution in [0.15, 0.2) is 35.9 Å². The van der Waals surface area contributed by atoms with Gasteiger partial charge in [-0.3, -0.25) is 4.98 Å². The van der Waals surface area contributed by atoms with E-state index >= 15 is 0 Å². The molecule has 6 heteroatoms. The lowest BCUT2D eigenvalue weighted by Crippen LogP contribution is -2.02. The molecular weight excluding hydrogens is 238 g/mol. The summed E-state index contributed by atoms with van der Waals surface area (Å²) in [6.45, 7) is 0. The van der Waals surface area contributed by atoms with Gasteiger partial charge >= 0.3 is 5.97 Å². The Morgan fingerprint density at radius 3 is 2.94 bits per heavy atom. The molecule has 0 aliphatic carbocycles. The minimum absolute atomic E-state index is 0.372. The van der Waals surface area contributed by atoms with Crippen LogP contribution < -0.4 is 0 Å². The molecule has 0 saturated carbocycles. The van der Waals surface area contributed by atoms with Crippen molar-refractivity contribution in [3.8, 4) is 0 Å². The molecule has 0 atom stereocenters. The van der Waals surface area contributed by atoms with E-state index in [4.69, 9.17) is 0 Å². The Bertz CT molecular complexity index is 482. The van der Waals surface area contributed by atoms with Gasteiger partial charge in [0.2, 0.25) is 0 Å². The number of aromatic nitrogens is 3. The molecule has 2 aromatic heterocycles. The molecule has 0 aliphatic heterocycles. The van der Waals surface area contributed by atoms with Crippen molar-refractivity contribution >= 4 is 17.7 Å². The van der Waals surface area contributed by atoms with Crippen LogP contribution in [0.1, 0.15) is 16.1 Å². The number of pyridine rings is 1. The number of hydrogen-bond donors (Lipinski definition) is 1. The SMILES string of the molecule is COC(=O)c1ccc(CSc2ncc[nH]2)nc1. The van der Waals surface area contributed by atoms with Crippen LogP contribution in [-0.4, -0.2) is 28.0 Å². The number of thioether (sulfide) groups is 1. The van der Waals surface area contributed by atoms with E-state index in [0.29, 0.717) is 11.3 Å². The minimum atomic E-state index is -0.372. The Kier molecular flexibility index (Phi) is 3.77. The number of H-pyrrole nitrogens is 1. The molecule has 0 aliphatic rings. The number of nitrogens with zero attached hydrogens (tertiary/aromatic N) is 2. The van der Waals surface area contributed by atoms with E-state index in [1.54, 1.807) is 30.2 Å². The summed E-state index contributed by atoms with van der Waals surface area (Å²) in [6, 6.07) is 3.51. The molecular formula is C11H11N3O2S. The molecule has 0 saturated heterocycles. The van der Waals surface area contributed by atoms with Gasteiger partial charge in [-0.1, -0.05) is 11.8 Å². The fraction of sp³-hybridized carbons (Fsp3) is 0.182. The van der Waals surface area contributed by atoms with Gasteiger partial charge in [0.05, 0.1) is 18.4 Å². The molecule has 2 heterocycles. The fourth-order valence-corrected chi connectivity index (χ4v) is 1.96. The zero-order chi connectivity index (χ0) is 12.1. The molecule has 88 valence electrons. The maximum atomic E-state index is 11.2. The quantitative estimate of drug-likeness (QED) is 0.662. The van der Waals surface area contributed by atoms with Crippen LogP contribution in [0.5, 0.6) is 0 Å². The van der Waals surface area contributed by atoms with Crippen molar-refractivity contribution in [2.75, 3.05) is 7.11 Å². The molecule has 0 fully saturated rings. The van der Waals surface area contributed by atoms with E-state index in [9.17, 15) is 4.79 Å². The van der Waals surface area contributed by atoms with Crippen molar-refractivity contribution in [2.45, 2.75) is 10.9 Å². The highest BCUT2D eigenvalue weighted by Crippen LogP contribution is 2.17. The topological polar surface area (TPSA) is 67.9 Å². The number of aromatic amines is 1. The summed E-state index contributed by atoms with van der Waals surface area (Å²) in [6.07, 6.45) is 5.00. The second-order valence-corrected chi connectivity index (χ2v) is 4.18. The minimum Gasteiger partial charge on any atom is -0.465 e. The standard InChI is InChI=1S/C11H11N3O2S/c1-16-10(15)8-2-3-9(14-6-8)7-17-11-12-4-5-13-11/h2-6H,7H2,1H3,(H,12,13). The lowest BCUT2D eigenvalue weighted by molar-refractivity contribution is 0.0600. The van der Waals surface area contributed by atoms with Crippen LogP contribution in [-0.2, 0) is 10.5 Å². The van der Waals surface area contributed by atoms with Gasteiger partial charge in [0.15, 0.2) is 5.16 Å². The van der Waals surface area contributed by atoms with Gasteiger partial charge in [-0.2, -0.15) is 0 Å². The van der Waals surface area contributed by atoms with Crippen LogP contribution in [0, 0.1) is 0 Å². The van der Waals surface area contributed by atoms with Crippen molar-refractivity contribution in [3.05, 3.63) is 42.0 Å². The van der Waals surface area contributed by atoms with Gasteiger partial charge in [0.25, 0.3) is 0 Å². The van der Waals surface area contributed by atoms with E-state index in [2.05, 4.69) is 19.7 Å². The third kappa shape index (κ3) is 3.07. The average Bonchev–Trinajstić information content (AvgIpc) is 2.89. The summed E-state index contributed by atoms with van der Waals surface area (Å²) in [4.78, 5) is 22.5. The number of methoxy groups -OCH3 is 1. The second kappa shape index (κ2) is 5.49. The smallest absolute Gasteiger partial charge is 0.339 e. The van der Waals surface area contributed by atoms with Gasteiger partial charge in [-0.25, -0.2) is 9.78 Å². The van der Waals surface area contributed by atoms with Gasteiger partial charge in [0.1, 0.15) is 0 Å². The number of nitrogens with one attached hydrogen (secondary N) is 1. The lowest BCUT2D eigenvalue weighted by Gasteiger charge is -2.01. The van der Waals surface area contributed by atoms with E-state index in [0.717, 1.165) is 10.9 Å². The Balaban J connectivity index is 1.96. The highest BCUT2D eigenvalue weighted by molar-refractivity contribution is 7.98. The molecule has 1 N–H and O–H groups in total. The van der Waals surface area contributed by atoms with Gasteiger partial charge in [-0.15, -0.1) is 0 Å². The molecule has 17 heavy (non-hydrogen) atoms. The largest absolute Gasteiger partial charge is 0.465 e. The Hall–Kier alpha value is -1.82. The molecule has 0 unspecified atom stereocenters. The summed E-state index contributed by atoms with van der Waals surface area (Å²) in [5, 5.41) is 0.851. The number of carbonyl (C=O) groups is 1. The number of rotatable bonds is 4. The molecule has 5 nitrogen and oxygen atoms in total. The van der Waals surface area contributed by atoms with Gasteiger partial charge < -0.3 is 9.72 Å². The first-order valence-electron chi connectivity index (χ1n) is 4.95. The normalized spacial score (nSPS) is 10.2. The van der Waals surface area contributed by atoms with E-state index in [1.807, 2.05) is 6.07 Å². The number of carbonyl (C=O) groups excluding carboxylic acids is 1. The Labute approximate surface area is 103 Å². The maximum Gasteiger partial charge on any atom is 0.339 e. The first-order valence-corrected chi connectivity index (χ1v) is 5.93. The summed E-state index contributed by atoms with van der Waals surface area (Å²) >= 11 is 1.55. The first-order chi connectivity index (χ1) is 8.29. The summed E-state index contributed by atoms with van der Waals surface area (Å²) in [5.74, 6) is 0.331. The molecule has 0 amide bonds. The van der Waals surface area contributed by atoms with Crippen molar-refractivity contribution < 1.29 is 9.53 Å². The lowest BCUT2D eigenvalue weighted by atomic mass is 10.2. The first kappa shape index (κ1) is 11.7. The highest BCUT2D eigenvalue weighted by Gasteiger charge is 2.05. The third-order valence-electron chi connectivity index (χ3n) is 2.08. The van der Waals surface area contributed by atoms with Crippen LogP contribution >= 0.6 is 11.8 Å². The third-order valence-corrected chi connectivity index (χ3v) is 3.01.